The molecule has 2 atom stereocenters. The van der Waals surface area contributed by atoms with Gasteiger partial charge in [0, 0.05) is 18.6 Å². The minimum absolute atomic E-state index is 0.366. The Kier molecular flexibility index (Phi) is 5.02. The third-order valence-corrected chi connectivity index (χ3v) is 3.54. The molecule has 1 heterocycles. The van der Waals surface area contributed by atoms with Crippen molar-refractivity contribution in [2.75, 3.05) is 26.9 Å². The van der Waals surface area contributed by atoms with E-state index in [1.54, 1.807) is 7.11 Å². The van der Waals surface area contributed by atoms with Crippen molar-refractivity contribution in [3.05, 3.63) is 29.8 Å². The average Bonchev–Trinajstić information content (AvgIpc) is 2.46. The van der Waals surface area contributed by atoms with Crippen LogP contribution in [-0.4, -0.2) is 26.9 Å². The second-order valence-electron chi connectivity index (χ2n) is 4.79. The van der Waals surface area contributed by atoms with Gasteiger partial charge in [0.1, 0.15) is 5.75 Å². The van der Waals surface area contributed by atoms with Crippen LogP contribution in [-0.2, 0) is 4.74 Å². The molecule has 0 radical (unpaired) electrons. The lowest BCUT2D eigenvalue weighted by molar-refractivity contribution is 0.0392. The first-order valence-electron chi connectivity index (χ1n) is 6.80. The Morgan fingerprint density at radius 1 is 1.50 bits per heavy atom. The van der Waals surface area contributed by atoms with Crippen LogP contribution in [0.2, 0.25) is 0 Å². The summed E-state index contributed by atoms with van der Waals surface area (Å²) in [5, 5.41) is 3.58. The van der Waals surface area contributed by atoms with Crippen molar-refractivity contribution >= 4 is 0 Å². The number of methoxy groups -OCH3 is 1. The second kappa shape index (κ2) is 6.76. The third kappa shape index (κ3) is 3.24. The number of hydrogen-bond donors (Lipinski definition) is 1. The normalized spacial score (nSPS) is 21.6. The van der Waals surface area contributed by atoms with Crippen LogP contribution < -0.4 is 10.1 Å². The van der Waals surface area contributed by atoms with E-state index >= 15 is 0 Å². The summed E-state index contributed by atoms with van der Waals surface area (Å²) < 4.78 is 10.9. The first kappa shape index (κ1) is 13.4. The maximum absolute atomic E-state index is 5.62. The lowest BCUT2D eigenvalue weighted by atomic mass is 9.88. The van der Waals surface area contributed by atoms with Crippen LogP contribution in [0.5, 0.6) is 5.75 Å². The smallest absolute Gasteiger partial charge is 0.119 e. The first-order valence-corrected chi connectivity index (χ1v) is 6.80. The molecule has 0 amide bonds. The van der Waals surface area contributed by atoms with E-state index < -0.39 is 0 Å². The van der Waals surface area contributed by atoms with Crippen molar-refractivity contribution in [2.45, 2.75) is 25.8 Å². The van der Waals surface area contributed by atoms with Gasteiger partial charge < -0.3 is 14.8 Å². The topological polar surface area (TPSA) is 30.5 Å². The number of hydrogen-bond acceptors (Lipinski definition) is 3. The van der Waals surface area contributed by atoms with E-state index in [9.17, 15) is 0 Å². The van der Waals surface area contributed by atoms with E-state index in [4.69, 9.17) is 9.47 Å². The fraction of sp³-hybridized carbons (Fsp3) is 0.600. The number of rotatable bonds is 5. The summed E-state index contributed by atoms with van der Waals surface area (Å²) in [6.45, 7) is 4.89. The fourth-order valence-corrected chi connectivity index (χ4v) is 2.64. The van der Waals surface area contributed by atoms with E-state index in [2.05, 4.69) is 30.4 Å². The molecule has 1 saturated heterocycles. The monoisotopic (exact) mass is 249 g/mol. The highest BCUT2D eigenvalue weighted by Crippen LogP contribution is 2.30. The Morgan fingerprint density at radius 2 is 2.39 bits per heavy atom. The lowest BCUT2D eigenvalue weighted by Gasteiger charge is -2.31. The van der Waals surface area contributed by atoms with Gasteiger partial charge in [0.05, 0.1) is 13.7 Å². The minimum Gasteiger partial charge on any atom is -0.497 e. The molecular weight excluding hydrogens is 226 g/mol. The zero-order valence-electron chi connectivity index (χ0n) is 11.3. The Labute approximate surface area is 109 Å². The number of nitrogens with one attached hydrogen (secondary N) is 1. The molecule has 1 N–H and O–H groups in total. The van der Waals surface area contributed by atoms with Crippen molar-refractivity contribution in [1.82, 2.24) is 5.32 Å². The van der Waals surface area contributed by atoms with E-state index in [1.807, 2.05) is 6.07 Å². The largest absolute Gasteiger partial charge is 0.497 e. The van der Waals surface area contributed by atoms with Gasteiger partial charge in [-0.3, -0.25) is 0 Å². The van der Waals surface area contributed by atoms with Gasteiger partial charge in [-0.1, -0.05) is 19.1 Å². The molecule has 2 unspecified atom stereocenters. The Morgan fingerprint density at radius 3 is 3.06 bits per heavy atom. The molecule has 1 fully saturated rings. The van der Waals surface area contributed by atoms with Gasteiger partial charge >= 0.3 is 0 Å². The highest BCUT2D eigenvalue weighted by molar-refractivity contribution is 5.31. The van der Waals surface area contributed by atoms with Gasteiger partial charge in [0.15, 0.2) is 0 Å². The summed E-state index contributed by atoms with van der Waals surface area (Å²) in [5.74, 6) is 1.48. The number of ether oxygens (including phenoxy) is 2. The van der Waals surface area contributed by atoms with Crippen LogP contribution in [0.15, 0.2) is 24.3 Å². The zero-order valence-corrected chi connectivity index (χ0v) is 11.3. The van der Waals surface area contributed by atoms with Crippen molar-refractivity contribution in [1.29, 1.82) is 0 Å². The Hall–Kier alpha value is -1.06. The van der Waals surface area contributed by atoms with Gasteiger partial charge in [0.25, 0.3) is 0 Å². The van der Waals surface area contributed by atoms with Crippen LogP contribution in [0.25, 0.3) is 0 Å². The predicted molar refractivity (Wildman–Crippen MR) is 73.0 cm³/mol. The molecule has 2 rings (SSSR count). The van der Waals surface area contributed by atoms with Crippen LogP contribution in [0.1, 0.15) is 31.4 Å². The molecule has 0 aromatic heterocycles. The van der Waals surface area contributed by atoms with Gasteiger partial charge in [-0.15, -0.1) is 0 Å². The highest BCUT2D eigenvalue weighted by Gasteiger charge is 2.25. The minimum atomic E-state index is 0.366. The number of benzene rings is 1. The maximum Gasteiger partial charge on any atom is 0.119 e. The summed E-state index contributed by atoms with van der Waals surface area (Å²) in [5.41, 5.74) is 1.30. The lowest BCUT2D eigenvalue weighted by Crippen LogP contribution is -2.33. The van der Waals surface area contributed by atoms with Crippen molar-refractivity contribution in [3.8, 4) is 5.75 Å². The molecule has 1 aliphatic heterocycles. The van der Waals surface area contributed by atoms with Crippen LogP contribution in [0.3, 0.4) is 0 Å². The molecule has 0 aliphatic carbocycles. The summed E-state index contributed by atoms with van der Waals surface area (Å²) in [6, 6.07) is 8.71. The highest BCUT2D eigenvalue weighted by atomic mass is 16.5. The van der Waals surface area contributed by atoms with Gasteiger partial charge in [-0.2, -0.15) is 0 Å². The van der Waals surface area contributed by atoms with Crippen molar-refractivity contribution < 1.29 is 9.47 Å². The quantitative estimate of drug-likeness (QED) is 0.870. The summed E-state index contributed by atoms with van der Waals surface area (Å²) in [6.07, 6.45) is 2.39. The van der Waals surface area contributed by atoms with E-state index in [0.717, 1.165) is 31.9 Å². The molecule has 3 heteroatoms. The van der Waals surface area contributed by atoms with Crippen LogP contribution in [0, 0.1) is 5.92 Å². The average molecular weight is 249 g/mol. The summed E-state index contributed by atoms with van der Waals surface area (Å²) in [4.78, 5) is 0. The molecule has 1 aromatic carbocycles. The molecule has 18 heavy (non-hydrogen) atoms. The summed E-state index contributed by atoms with van der Waals surface area (Å²) >= 11 is 0. The SMILES string of the molecule is CCNC(c1cccc(OC)c1)C1CCCOC1. The summed E-state index contributed by atoms with van der Waals surface area (Å²) in [7, 11) is 1.71. The zero-order chi connectivity index (χ0) is 12.8. The standard InChI is InChI=1S/C15H23NO2/c1-3-16-15(13-7-5-9-18-11-13)12-6-4-8-14(10-12)17-2/h4,6,8,10,13,15-16H,3,5,7,9,11H2,1-2H3. The molecular formula is C15H23NO2. The second-order valence-corrected chi connectivity index (χ2v) is 4.79. The predicted octanol–water partition coefficient (Wildman–Crippen LogP) is 2.77. The molecule has 0 spiro atoms. The molecule has 1 aliphatic rings. The Bertz CT molecular complexity index is 361. The van der Waals surface area contributed by atoms with E-state index in [1.165, 1.54) is 12.0 Å². The first-order chi connectivity index (χ1) is 8.85. The molecule has 100 valence electrons. The molecule has 0 saturated carbocycles. The van der Waals surface area contributed by atoms with Gasteiger partial charge in [-0.05, 0) is 37.1 Å². The molecule has 0 bridgehead atoms. The third-order valence-electron chi connectivity index (χ3n) is 3.54. The molecule has 1 aromatic rings. The van der Waals surface area contributed by atoms with Crippen LogP contribution >= 0.6 is 0 Å². The van der Waals surface area contributed by atoms with Crippen molar-refractivity contribution in [3.63, 3.8) is 0 Å². The molecule has 3 nitrogen and oxygen atoms in total. The van der Waals surface area contributed by atoms with Gasteiger partial charge in [-0.25, -0.2) is 0 Å². The fourth-order valence-electron chi connectivity index (χ4n) is 2.64. The van der Waals surface area contributed by atoms with Crippen LogP contribution in [0.4, 0.5) is 0 Å². The van der Waals surface area contributed by atoms with E-state index in [-0.39, 0.29) is 0 Å². The maximum atomic E-state index is 5.62. The Balaban J connectivity index is 2.16. The van der Waals surface area contributed by atoms with E-state index in [0.29, 0.717) is 12.0 Å². The van der Waals surface area contributed by atoms with Gasteiger partial charge in [0.2, 0.25) is 0 Å². The van der Waals surface area contributed by atoms with Crippen molar-refractivity contribution in [2.24, 2.45) is 5.92 Å².